The highest BCUT2D eigenvalue weighted by Gasteiger charge is 2.08. The smallest absolute Gasteiger partial charge is 0.329 e. The minimum absolute atomic E-state index is 0.0392. The van der Waals surface area contributed by atoms with E-state index in [1.54, 1.807) is 13.3 Å². The van der Waals surface area contributed by atoms with Gasteiger partial charge in [0.15, 0.2) is 11.5 Å². The number of hydrogen-bond acceptors (Lipinski definition) is 6. The Labute approximate surface area is 151 Å². The van der Waals surface area contributed by atoms with E-state index in [1.807, 2.05) is 39.0 Å². The number of nitrogens with zero attached hydrogens (tertiary/aromatic N) is 3. The van der Waals surface area contributed by atoms with E-state index in [1.165, 1.54) is 18.1 Å². The van der Waals surface area contributed by atoms with Crippen LogP contribution in [0.25, 0.3) is 0 Å². The van der Waals surface area contributed by atoms with Gasteiger partial charge in [0.25, 0.3) is 5.56 Å². The molecule has 26 heavy (non-hydrogen) atoms. The van der Waals surface area contributed by atoms with E-state index in [9.17, 15) is 9.59 Å². The van der Waals surface area contributed by atoms with Crippen LogP contribution in [-0.2, 0) is 7.05 Å². The Morgan fingerprint density at radius 1 is 1.27 bits per heavy atom. The molecule has 0 saturated heterocycles. The van der Waals surface area contributed by atoms with Crippen LogP contribution >= 0.6 is 0 Å². The molecule has 0 radical (unpaired) electrons. The van der Waals surface area contributed by atoms with E-state index in [0.717, 1.165) is 10.1 Å². The third-order valence-corrected chi connectivity index (χ3v) is 3.49. The van der Waals surface area contributed by atoms with Crippen molar-refractivity contribution in [1.29, 1.82) is 0 Å². The molecule has 0 saturated carbocycles. The summed E-state index contributed by atoms with van der Waals surface area (Å²) in [5, 5.41) is 5.68. The van der Waals surface area contributed by atoms with Crippen LogP contribution in [0.15, 0.2) is 39.0 Å². The van der Waals surface area contributed by atoms with Crippen molar-refractivity contribution in [3.8, 4) is 11.5 Å². The molecule has 0 amide bonds. The highest BCUT2D eigenvalue weighted by molar-refractivity contribution is 5.81. The maximum absolute atomic E-state index is 11.7. The first-order valence-corrected chi connectivity index (χ1v) is 8.33. The van der Waals surface area contributed by atoms with Crippen molar-refractivity contribution in [2.24, 2.45) is 12.1 Å². The fourth-order valence-electron chi connectivity index (χ4n) is 2.16. The van der Waals surface area contributed by atoms with E-state index in [2.05, 4.69) is 10.1 Å². The van der Waals surface area contributed by atoms with Gasteiger partial charge in [0, 0.05) is 20.2 Å². The van der Waals surface area contributed by atoms with Crippen molar-refractivity contribution in [1.82, 2.24) is 9.55 Å². The van der Waals surface area contributed by atoms with Gasteiger partial charge < -0.3 is 9.47 Å². The summed E-state index contributed by atoms with van der Waals surface area (Å²) in [6, 6.07) is 6.81. The van der Waals surface area contributed by atoms with Crippen LogP contribution in [0.4, 0.5) is 5.82 Å². The molecule has 8 heteroatoms. The van der Waals surface area contributed by atoms with Gasteiger partial charge in [-0.3, -0.25) is 19.4 Å². The Kier molecular flexibility index (Phi) is 6.21. The topological polar surface area (TPSA) is 88.9 Å². The number of aromatic nitrogens is 2. The van der Waals surface area contributed by atoms with E-state index >= 15 is 0 Å². The predicted octanol–water partition coefficient (Wildman–Crippen LogP) is 1.73. The van der Waals surface area contributed by atoms with E-state index < -0.39 is 11.2 Å². The zero-order chi connectivity index (χ0) is 19.3. The summed E-state index contributed by atoms with van der Waals surface area (Å²) in [5.41, 5.74) is -0.106. The summed E-state index contributed by atoms with van der Waals surface area (Å²) in [6.45, 7) is 6.32. The van der Waals surface area contributed by atoms with Crippen molar-refractivity contribution >= 4 is 12.0 Å². The van der Waals surface area contributed by atoms with Crippen LogP contribution in [0, 0.1) is 0 Å². The number of anilines is 1. The SMILES string of the molecule is CCOc1cc(/C=N/N(C)c2cc(=O)n(C)c(=O)[nH]2)ccc1OC(C)C. The zero-order valence-corrected chi connectivity index (χ0v) is 15.6. The van der Waals surface area contributed by atoms with Gasteiger partial charge in [-0.2, -0.15) is 5.10 Å². The van der Waals surface area contributed by atoms with Gasteiger partial charge in [-0.1, -0.05) is 0 Å². The number of hydrazone groups is 1. The number of benzene rings is 1. The second kappa shape index (κ2) is 8.37. The lowest BCUT2D eigenvalue weighted by atomic mass is 10.2. The van der Waals surface area contributed by atoms with Crippen LogP contribution < -0.4 is 25.7 Å². The van der Waals surface area contributed by atoms with Gasteiger partial charge in [0.2, 0.25) is 0 Å². The summed E-state index contributed by atoms with van der Waals surface area (Å²) in [5.74, 6) is 1.61. The number of nitrogens with one attached hydrogen (secondary N) is 1. The molecule has 0 spiro atoms. The van der Waals surface area contributed by atoms with E-state index in [0.29, 0.717) is 23.9 Å². The third-order valence-electron chi connectivity index (χ3n) is 3.49. The summed E-state index contributed by atoms with van der Waals surface area (Å²) in [4.78, 5) is 26.0. The second-order valence-electron chi connectivity index (χ2n) is 5.93. The molecule has 2 aromatic rings. The highest BCUT2D eigenvalue weighted by Crippen LogP contribution is 2.29. The van der Waals surface area contributed by atoms with Gasteiger partial charge in [-0.05, 0) is 44.5 Å². The molecule has 0 bridgehead atoms. The van der Waals surface area contributed by atoms with Gasteiger partial charge in [-0.25, -0.2) is 4.79 Å². The number of rotatable bonds is 7. The molecule has 0 fully saturated rings. The quantitative estimate of drug-likeness (QED) is 0.600. The number of hydrogen-bond donors (Lipinski definition) is 1. The number of H-pyrrole nitrogens is 1. The molecule has 1 heterocycles. The third kappa shape index (κ3) is 4.75. The van der Waals surface area contributed by atoms with Crippen LogP contribution in [0.5, 0.6) is 11.5 Å². The van der Waals surface area contributed by atoms with Crippen molar-refractivity contribution in [2.45, 2.75) is 26.9 Å². The van der Waals surface area contributed by atoms with Crippen molar-refractivity contribution in [3.63, 3.8) is 0 Å². The molecular formula is C18H24N4O4. The van der Waals surface area contributed by atoms with E-state index in [-0.39, 0.29) is 6.10 Å². The second-order valence-corrected chi connectivity index (χ2v) is 5.93. The minimum atomic E-state index is -0.497. The Morgan fingerprint density at radius 3 is 2.62 bits per heavy atom. The minimum Gasteiger partial charge on any atom is -0.490 e. The Hall–Kier alpha value is -3.03. The predicted molar refractivity (Wildman–Crippen MR) is 102 cm³/mol. The van der Waals surface area contributed by atoms with Crippen LogP contribution in [0.3, 0.4) is 0 Å². The van der Waals surface area contributed by atoms with Gasteiger partial charge in [0.1, 0.15) is 5.82 Å². The maximum atomic E-state index is 11.7. The molecule has 0 aliphatic rings. The molecule has 0 atom stereocenters. The standard InChI is InChI=1S/C18H24N4O4/c1-6-25-15-9-13(7-8-14(15)26-12(2)3)11-19-22(5)16-10-17(23)21(4)18(24)20-16/h7-12H,6H2,1-5H3,(H,20,24)/b19-11+. The summed E-state index contributed by atoms with van der Waals surface area (Å²) in [7, 11) is 3.05. The van der Waals surface area contributed by atoms with Crippen molar-refractivity contribution < 1.29 is 9.47 Å². The largest absolute Gasteiger partial charge is 0.490 e. The highest BCUT2D eigenvalue weighted by atomic mass is 16.5. The Bertz CT molecular complexity index is 868. The van der Waals surface area contributed by atoms with Gasteiger partial charge in [0.05, 0.1) is 18.9 Å². The summed E-state index contributed by atoms with van der Waals surface area (Å²) >= 11 is 0. The molecule has 1 N–H and O–H groups in total. The van der Waals surface area contributed by atoms with E-state index in [4.69, 9.17) is 9.47 Å². The van der Waals surface area contributed by atoms with Crippen LogP contribution in [-0.4, -0.2) is 35.5 Å². The first-order valence-electron chi connectivity index (χ1n) is 8.33. The number of ether oxygens (including phenoxy) is 2. The van der Waals surface area contributed by atoms with Crippen LogP contribution in [0.2, 0.25) is 0 Å². The molecule has 2 rings (SSSR count). The lowest BCUT2D eigenvalue weighted by Crippen LogP contribution is -2.33. The fourth-order valence-corrected chi connectivity index (χ4v) is 2.16. The van der Waals surface area contributed by atoms with Crippen LogP contribution in [0.1, 0.15) is 26.3 Å². The maximum Gasteiger partial charge on any atom is 0.329 e. The Morgan fingerprint density at radius 2 is 2.00 bits per heavy atom. The zero-order valence-electron chi connectivity index (χ0n) is 15.6. The summed E-state index contributed by atoms with van der Waals surface area (Å²) in [6.07, 6.45) is 1.65. The number of aromatic amines is 1. The monoisotopic (exact) mass is 360 g/mol. The lowest BCUT2D eigenvalue weighted by Gasteiger charge is -2.15. The molecule has 0 aliphatic heterocycles. The Balaban J connectivity index is 2.25. The fraction of sp³-hybridized carbons (Fsp3) is 0.389. The molecule has 0 unspecified atom stereocenters. The molecule has 0 aliphatic carbocycles. The molecule has 8 nitrogen and oxygen atoms in total. The molecule has 140 valence electrons. The average molecular weight is 360 g/mol. The first kappa shape index (κ1) is 19.3. The lowest BCUT2D eigenvalue weighted by molar-refractivity contribution is 0.224. The summed E-state index contributed by atoms with van der Waals surface area (Å²) < 4.78 is 12.3. The molecular weight excluding hydrogens is 336 g/mol. The normalized spacial score (nSPS) is 11.2. The molecule has 1 aromatic carbocycles. The van der Waals surface area contributed by atoms with Crippen molar-refractivity contribution in [3.05, 3.63) is 50.7 Å². The van der Waals surface area contributed by atoms with Gasteiger partial charge >= 0.3 is 5.69 Å². The van der Waals surface area contributed by atoms with Crippen molar-refractivity contribution in [2.75, 3.05) is 18.7 Å². The molecule has 1 aromatic heterocycles. The first-order chi connectivity index (χ1) is 12.3. The van der Waals surface area contributed by atoms with Gasteiger partial charge in [-0.15, -0.1) is 0 Å². The average Bonchev–Trinajstić information content (AvgIpc) is 2.58.